The van der Waals surface area contributed by atoms with Crippen LogP contribution in [0.2, 0.25) is 0 Å². The summed E-state index contributed by atoms with van der Waals surface area (Å²) in [6.45, 7) is 0.998. The molecule has 1 aromatic carbocycles. The van der Waals surface area contributed by atoms with Gasteiger partial charge in [-0.3, -0.25) is 0 Å². The number of piperidine rings is 1. The lowest BCUT2D eigenvalue weighted by molar-refractivity contribution is 0.140. The number of hydrogen-bond acceptors (Lipinski definition) is 2. The zero-order chi connectivity index (χ0) is 12.3. The van der Waals surface area contributed by atoms with Crippen LogP contribution in [-0.2, 0) is 0 Å². The Morgan fingerprint density at radius 1 is 1.47 bits per heavy atom. The van der Waals surface area contributed by atoms with Gasteiger partial charge in [0.25, 0.3) is 0 Å². The van der Waals surface area contributed by atoms with Crippen LogP contribution in [-0.4, -0.2) is 17.7 Å². The Kier molecular flexibility index (Phi) is 4.54. The van der Waals surface area contributed by atoms with Crippen molar-refractivity contribution in [3.63, 3.8) is 0 Å². The maximum absolute atomic E-state index is 13.6. The van der Waals surface area contributed by atoms with Gasteiger partial charge in [-0.1, -0.05) is 22.4 Å². The fourth-order valence-corrected chi connectivity index (χ4v) is 2.67. The summed E-state index contributed by atoms with van der Waals surface area (Å²) in [7, 11) is 0. The predicted octanol–water partition coefficient (Wildman–Crippen LogP) is 3.15. The molecule has 1 saturated heterocycles. The second-order valence-corrected chi connectivity index (χ2v) is 5.48. The van der Waals surface area contributed by atoms with Crippen molar-refractivity contribution < 1.29 is 9.50 Å². The fraction of sp³-hybridized carbons (Fsp3) is 0.538. The summed E-state index contributed by atoms with van der Waals surface area (Å²) < 4.78 is 14.4. The van der Waals surface area contributed by atoms with Gasteiger partial charge in [-0.05, 0) is 44.0 Å². The third-order valence-corrected chi connectivity index (χ3v) is 3.73. The molecule has 1 aromatic rings. The van der Waals surface area contributed by atoms with E-state index in [9.17, 15) is 9.50 Å². The molecule has 1 aliphatic heterocycles. The van der Waals surface area contributed by atoms with E-state index in [0.717, 1.165) is 17.4 Å². The van der Waals surface area contributed by atoms with Crippen LogP contribution >= 0.6 is 15.9 Å². The van der Waals surface area contributed by atoms with Crippen LogP contribution in [0.4, 0.5) is 4.39 Å². The molecule has 0 aromatic heterocycles. The smallest absolute Gasteiger partial charge is 0.129 e. The van der Waals surface area contributed by atoms with E-state index in [4.69, 9.17) is 0 Å². The van der Waals surface area contributed by atoms with Gasteiger partial charge in [0.1, 0.15) is 5.82 Å². The van der Waals surface area contributed by atoms with Crippen molar-refractivity contribution in [2.24, 2.45) is 0 Å². The van der Waals surface area contributed by atoms with Gasteiger partial charge in [-0.15, -0.1) is 0 Å². The molecule has 2 unspecified atom stereocenters. The molecular weight excluding hydrogens is 285 g/mol. The van der Waals surface area contributed by atoms with E-state index in [-0.39, 0.29) is 5.82 Å². The van der Waals surface area contributed by atoms with Crippen molar-refractivity contribution in [1.82, 2.24) is 5.32 Å². The van der Waals surface area contributed by atoms with E-state index < -0.39 is 6.10 Å². The minimum absolute atomic E-state index is 0.303. The van der Waals surface area contributed by atoms with Crippen molar-refractivity contribution in [1.29, 1.82) is 0 Å². The van der Waals surface area contributed by atoms with Gasteiger partial charge in [0.2, 0.25) is 0 Å². The van der Waals surface area contributed by atoms with Gasteiger partial charge < -0.3 is 10.4 Å². The largest absolute Gasteiger partial charge is 0.388 e. The minimum atomic E-state index is -0.733. The lowest BCUT2D eigenvalue weighted by Gasteiger charge is -2.25. The Labute approximate surface area is 109 Å². The highest BCUT2D eigenvalue weighted by Crippen LogP contribution is 2.26. The topological polar surface area (TPSA) is 32.3 Å². The third-order valence-electron chi connectivity index (χ3n) is 3.24. The average Bonchev–Trinajstić information content (AvgIpc) is 2.33. The number of benzene rings is 1. The minimum Gasteiger partial charge on any atom is -0.388 e. The summed E-state index contributed by atoms with van der Waals surface area (Å²) in [5.41, 5.74) is 0.381. The molecule has 17 heavy (non-hydrogen) atoms. The number of halogens is 2. The summed E-state index contributed by atoms with van der Waals surface area (Å²) in [5, 5.41) is 13.4. The van der Waals surface area contributed by atoms with Gasteiger partial charge in [0, 0.05) is 16.1 Å². The van der Waals surface area contributed by atoms with E-state index in [0.29, 0.717) is 18.0 Å². The van der Waals surface area contributed by atoms with Gasteiger partial charge in [-0.2, -0.15) is 0 Å². The second-order valence-electron chi connectivity index (χ2n) is 4.56. The van der Waals surface area contributed by atoms with Crippen LogP contribution in [0.3, 0.4) is 0 Å². The maximum Gasteiger partial charge on any atom is 0.129 e. The number of nitrogens with one attached hydrogen (secondary N) is 1. The van der Waals surface area contributed by atoms with Crippen LogP contribution < -0.4 is 5.32 Å². The summed E-state index contributed by atoms with van der Waals surface area (Å²) in [6, 6.07) is 4.99. The standard InChI is InChI=1S/C13H17BrFNO/c14-9-4-5-12(15)11(7-9)13(17)8-10-3-1-2-6-16-10/h4-5,7,10,13,16-17H,1-3,6,8H2. The predicted molar refractivity (Wildman–Crippen MR) is 69.3 cm³/mol. The van der Waals surface area contributed by atoms with Gasteiger partial charge in [0.15, 0.2) is 0 Å². The highest BCUT2D eigenvalue weighted by atomic mass is 79.9. The van der Waals surface area contributed by atoms with Crippen molar-refractivity contribution in [2.45, 2.75) is 37.8 Å². The fourth-order valence-electron chi connectivity index (χ4n) is 2.29. The molecule has 0 saturated carbocycles. The second kappa shape index (κ2) is 5.94. The van der Waals surface area contributed by atoms with Crippen LogP contribution in [0.15, 0.2) is 22.7 Å². The first-order valence-electron chi connectivity index (χ1n) is 6.03. The van der Waals surface area contributed by atoms with Crippen molar-refractivity contribution in [2.75, 3.05) is 6.54 Å². The zero-order valence-electron chi connectivity index (χ0n) is 9.63. The van der Waals surface area contributed by atoms with Gasteiger partial charge in [-0.25, -0.2) is 4.39 Å². The molecule has 0 radical (unpaired) electrons. The Hall–Kier alpha value is -0.450. The van der Waals surface area contributed by atoms with Crippen molar-refractivity contribution >= 4 is 15.9 Å². The Bertz CT molecular complexity index is 380. The molecule has 0 bridgehead atoms. The molecule has 0 spiro atoms. The van der Waals surface area contributed by atoms with Crippen LogP contribution in [0.25, 0.3) is 0 Å². The average molecular weight is 302 g/mol. The van der Waals surface area contributed by atoms with Gasteiger partial charge >= 0.3 is 0 Å². The lowest BCUT2D eigenvalue weighted by atomic mass is 9.96. The molecule has 1 fully saturated rings. The third kappa shape index (κ3) is 3.50. The molecule has 2 rings (SSSR count). The monoisotopic (exact) mass is 301 g/mol. The summed E-state index contributed by atoms with van der Waals surface area (Å²) in [5.74, 6) is -0.337. The van der Waals surface area contributed by atoms with E-state index in [1.165, 1.54) is 18.9 Å². The summed E-state index contributed by atoms with van der Waals surface area (Å²) >= 11 is 3.30. The van der Waals surface area contributed by atoms with Crippen LogP contribution in [0, 0.1) is 5.82 Å². The summed E-state index contributed by atoms with van der Waals surface area (Å²) in [4.78, 5) is 0. The number of aliphatic hydroxyl groups excluding tert-OH is 1. The Morgan fingerprint density at radius 2 is 2.29 bits per heavy atom. The first-order chi connectivity index (χ1) is 8.16. The molecular formula is C13H17BrFNO. The lowest BCUT2D eigenvalue weighted by Crippen LogP contribution is -2.35. The van der Waals surface area contributed by atoms with Crippen molar-refractivity contribution in [3.05, 3.63) is 34.1 Å². The molecule has 94 valence electrons. The molecule has 0 amide bonds. The van der Waals surface area contributed by atoms with E-state index >= 15 is 0 Å². The number of aliphatic hydroxyl groups is 1. The molecule has 1 heterocycles. The quantitative estimate of drug-likeness (QED) is 0.899. The van der Waals surface area contributed by atoms with Crippen LogP contribution in [0.1, 0.15) is 37.4 Å². The maximum atomic E-state index is 13.6. The highest BCUT2D eigenvalue weighted by Gasteiger charge is 2.20. The Balaban J connectivity index is 2.02. The molecule has 2 atom stereocenters. The molecule has 2 N–H and O–H groups in total. The molecule has 4 heteroatoms. The normalized spacial score (nSPS) is 22.4. The molecule has 0 aliphatic carbocycles. The first kappa shape index (κ1) is 13.0. The molecule has 1 aliphatic rings. The van der Waals surface area contributed by atoms with Crippen LogP contribution in [0.5, 0.6) is 0 Å². The molecule has 2 nitrogen and oxygen atoms in total. The van der Waals surface area contributed by atoms with Crippen molar-refractivity contribution in [3.8, 4) is 0 Å². The first-order valence-corrected chi connectivity index (χ1v) is 6.82. The zero-order valence-corrected chi connectivity index (χ0v) is 11.2. The Morgan fingerprint density at radius 3 is 3.00 bits per heavy atom. The van der Waals surface area contributed by atoms with E-state index in [2.05, 4.69) is 21.2 Å². The SMILES string of the molecule is OC(CC1CCCCN1)c1cc(Br)ccc1F. The number of rotatable bonds is 3. The highest BCUT2D eigenvalue weighted by molar-refractivity contribution is 9.10. The summed E-state index contributed by atoms with van der Waals surface area (Å²) in [6.07, 6.45) is 3.28. The van der Waals surface area contributed by atoms with E-state index in [1.54, 1.807) is 12.1 Å². The van der Waals surface area contributed by atoms with Gasteiger partial charge in [0.05, 0.1) is 6.10 Å². The van der Waals surface area contributed by atoms with E-state index in [1.807, 2.05) is 0 Å². The number of hydrogen-bond donors (Lipinski definition) is 2.